The summed E-state index contributed by atoms with van der Waals surface area (Å²) in [5.41, 5.74) is 5.63. The van der Waals surface area contributed by atoms with Crippen molar-refractivity contribution in [1.82, 2.24) is 13.9 Å². The van der Waals surface area contributed by atoms with Gasteiger partial charge in [0.15, 0.2) is 10.8 Å². The first-order valence-electron chi connectivity index (χ1n) is 5.74. The zero-order valence-corrected chi connectivity index (χ0v) is 11.5. The molecule has 0 spiro atoms. The first kappa shape index (κ1) is 13.3. The first-order chi connectivity index (χ1) is 8.32. The van der Waals surface area contributed by atoms with Gasteiger partial charge in [-0.25, -0.2) is 13.4 Å². The van der Waals surface area contributed by atoms with Crippen molar-refractivity contribution in [3.05, 3.63) is 6.33 Å². The van der Waals surface area contributed by atoms with Gasteiger partial charge in [-0.1, -0.05) is 0 Å². The highest BCUT2D eigenvalue weighted by atomic mass is 32.2. The Morgan fingerprint density at radius 2 is 1.94 bits per heavy atom. The van der Waals surface area contributed by atoms with E-state index in [1.165, 1.54) is 15.2 Å². The molecule has 0 amide bonds. The van der Waals surface area contributed by atoms with Gasteiger partial charge in [-0.05, 0) is 13.8 Å². The van der Waals surface area contributed by atoms with E-state index in [4.69, 9.17) is 10.5 Å². The molecule has 2 N–H and O–H groups in total. The van der Waals surface area contributed by atoms with E-state index in [2.05, 4.69) is 4.98 Å². The number of ether oxygens (including phenoxy) is 1. The van der Waals surface area contributed by atoms with Crippen LogP contribution in [0.4, 0.5) is 5.82 Å². The third-order valence-corrected chi connectivity index (χ3v) is 4.84. The van der Waals surface area contributed by atoms with E-state index in [0.29, 0.717) is 13.1 Å². The van der Waals surface area contributed by atoms with Crippen LogP contribution in [0.15, 0.2) is 11.4 Å². The molecule has 102 valence electrons. The second-order valence-electron chi connectivity index (χ2n) is 4.63. The summed E-state index contributed by atoms with van der Waals surface area (Å²) in [6, 6.07) is 0. The number of nitrogens with zero attached hydrogens (tertiary/aromatic N) is 3. The summed E-state index contributed by atoms with van der Waals surface area (Å²) in [7, 11) is -2.00. The molecule has 0 aliphatic carbocycles. The van der Waals surface area contributed by atoms with Gasteiger partial charge in [-0.3, -0.25) is 0 Å². The number of rotatable bonds is 2. The quantitative estimate of drug-likeness (QED) is 0.806. The maximum absolute atomic E-state index is 12.5. The van der Waals surface area contributed by atoms with Crippen molar-refractivity contribution in [2.45, 2.75) is 31.1 Å². The Labute approximate surface area is 107 Å². The van der Waals surface area contributed by atoms with Crippen LogP contribution in [0.3, 0.4) is 0 Å². The summed E-state index contributed by atoms with van der Waals surface area (Å²) in [5, 5.41) is 0.0452. The molecule has 18 heavy (non-hydrogen) atoms. The Bertz CT molecular complexity index is 510. The Morgan fingerprint density at radius 3 is 2.39 bits per heavy atom. The Hall–Kier alpha value is -1.12. The topological polar surface area (TPSA) is 90.5 Å². The number of aryl methyl sites for hydroxylation is 1. The lowest BCUT2D eigenvalue weighted by atomic mass is 10.3. The molecule has 1 aliphatic rings. The molecule has 1 aliphatic heterocycles. The molecule has 1 saturated heterocycles. The maximum atomic E-state index is 12.5. The van der Waals surface area contributed by atoms with E-state index in [1.807, 2.05) is 13.8 Å². The fourth-order valence-corrected chi connectivity index (χ4v) is 3.99. The lowest BCUT2D eigenvalue weighted by molar-refractivity contribution is -0.0441. The van der Waals surface area contributed by atoms with Gasteiger partial charge >= 0.3 is 0 Å². The van der Waals surface area contributed by atoms with Gasteiger partial charge in [0, 0.05) is 20.1 Å². The third kappa shape index (κ3) is 2.23. The summed E-state index contributed by atoms with van der Waals surface area (Å²) < 4.78 is 33.4. The molecule has 2 rings (SSSR count). The molecule has 2 atom stereocenters. The maximum Gasteiger partial charge on any atom is 0.262 e. The third-order valence-electron chi connectivity index (χ3n) is 2.88. The number of nitrogen functional groups attached to an aromatic ring is 1. The van der Waals surface area contributed by atoms with Gasteiger partial charge in [0.25, 0.3) is 10.0 Å². The molecule has 1 aromatic rings. The van der Waals surface area contributed by atoms with E-state index in [1.54, 1.807) is 7.05 Å². The lowest BCUT2D eigenvalue weighted by Gasteiger charge is -2.34. The van der Waals surface area contributed by atoms with E-state index >= 15 is 0 Å². The molecule has 1 fully saturated rings. The highest BCUT2D eigenvalue weighted by molar-refractivity contribution is 7.89. The van der Waals surface area contributed by atoms with Crippen LogP contribution >= 0.6 is 0 Å². The predicted molar refractivity (Wildman–Crippen MR) is 66.4 cm³/mol. The van der Waals surface area contributed by atoms with Gasteiger partial charge < -0.3 is 15.0 Å². The molecule has 8 heteroatoms. The number of morpholine rings is 1. The second-order valence-corrected chi connectivity index (χ2v) is 6.48. The number of imidazole rings is 1. The van der Waals surface area contributed by atoms with Crippen LogP contribution in [0, 0.1) is 0 Å². The summed E-state index contributed by atoms with van der Waals surface area (Å²) >= 11 is 0. The second kappa shape index (κ2) is 4.52. The highest BCUT2D eigenvalue weighted by Crippen LogP contribution is 2.23. The van der Waals surface area contributed by atoms with Crippen LogP contribution in [0.2, 0.25) is 0 Å². The van der Waals surface area contributed by atoms with Crippen LogP contribution in [0.25, 0.3) is 0 Å². The minimum absolute atomic E-state index is 0.0318. The highest BCUT2D eigenvalue weighted by Gasteiger charge is 2.35. The fourth-order valence-electron chi connectivity index (χ4n) is 2.20. The minimum Gasteiger partial charge on any atom is -0.381 e. The van der Waals surface area contributed by atoms with Crippen molar-refractivity contribution in [2.24, 2.45) is 7.05 Å². The average molecular weight is 274 g/mol. The molecule has 2 unspecified atom stereocenters. The van der Waals surface area contributed by atoms with Gasteiger partial charge in [0.05, 0.1) is 18.5 Å². The normalized spacial score (nSPS) is 26.4. The van der Waals surface area contributed by atoms with E-state index in [9.17, 15) is 8.42 Å². The minimum atomic E-state index is -3.62. The number of hydrogen-bond donors (Lipinski definition) is 1. The van der Waals surface area contributed by atoms with Crippen molar-refractivity contribution in [3.8, 4) is 0 Å². The molecule has 2 heterocycles. The molecule has 7 nitrogen and oxygen atoms in total. The van der Waals surface area contributed by atoms with Crippen molar-refractivity contribution in [1.29, 1.82) is 0 Å². The Kier molecular flexibility index (Phi) is 3.35. The van der Waals surface area contributed by atoms with Crippen molar-refractivity contribution >= 4 is 15.8 Å². The summed E-state index contributed by atoms with van der Waals surface area (Å²) in [6.45, 7) is 4.37. The first-order valence-corrected chi connectivity index (χ1v) is 7.18. The SMILES string of the molecule is CC1CN(S(=O)(=O)c2c(N)ncn2C)CC(C)O1. The zero-order chi connectivity index (χ0) is 13.5. The van der Waals surface area contributed by atoms with Gasteiger partial charge in [-0.15, -0.1) is 0 Å². The molecular formula is C10H18N4O3S. The lowest BCUT2D eigenvalue weighted by Crippen LogP contribution is -2.48. The summed E-state index contributed by atoms with van der Waals surface area (Å²) in [5.74, 6) is 0.0318. The number of hydrogen-bond acceptors (Lipinski definition) is 5. The van der Waals surface area contributed by atoms with Crippen LogP contribution < -0.4 is 5.73 Å². The summed E-state index contributed by atoms with van der Waals surface area (Å²) in [6.07, 6.45) is 1.14. The van der Waals surface area contributed by atoms with E-state index in [-0.39, 0.29) is 23.1 Å². The molecule has 0 radical (unpaired) electrons. The van der Waals surface area contributed by atoms with Crippen molar-refractivity contribution < 1.29 is 13.2 Å². The molecule has 0 aromatic carbocycles. The standard InChI is InChI=1S/C10H18N4O3S/c1-7-4-14(5-8(2)17-7)18(15,16)10-9(11)12-6-13(10)3/h6-8H,4-5,11H2,1-3H3. The molecular weight excluding hydrogens is 256 g/mol. The van der Waals surface area contributed by atoms with Gasteiger partial charge in [-0.2, -0.15) is 4.31 Å². The molecule has 1 aromatic heterocycles. The number of nitrogens with two attached hydrogens (primary N) is 1. The Morgan fingerprint density at radius 1 is 1.39 bits per heavy atom. The summed E-state index contributed by atoms with van der Waals surface area (Å²) in [4.78, 5) is 3.82. The van der Waals surface area contributed by atoms with Gasteiger partial charge in [0.1, 0.15) is 0 Å². The smallest absolute Gasteiger partial charge is 0.262 e. The number of sulfonamides is 1. The van der Waals surface area contributed by atoms with E-state index < -0.39 is 10.0 Å². The number of anilines is 1. The Balaban J connectivity index is 2.37. The largest absolute Gasteiger partial charge is 0.381 e. The van der Waals surface area contributed by atoms with Crippen LogP contribution in [0.5, 0.6) is 0 Å². The number of aromatic nitrogens is 2. The van der Waals surface area contributed by atoms with Gasteiger partial charge in [0.2, 0.25) is 0 Å². The monoisotopic (exact) mass is 274 g/mol. The van der Waals surface area contributed by atoms with Crippen LogP contribution in [-0.4, -0.2) is 47.6 Å². The molecule has 0 bridgehead atoms. The van der Waals surface area contributed by atoms with E-state index in [0.717, 1.165) is 0 Å². The van der Waals surface area contributed by atoms with Crippen molar-refractivity contribution in [3.63, 3.8) is 0 Å². The zero-order valence-electron chi connectivity index (χ0n) is 10.7. The van der Waals surface area contributed by atoms with Crippen LogP contribution in [-0.2, 0) is 21.8 Å². The predicted octanol–water partition coefficient (Wildman–Crippen LogP) is -0.200. The van der Waals surface area contributed by atoms with Crippen LogP contribution in [0.1, 0.15) is 13.8 Å². The van der Waals surface area contributed by atoms with Crippen molar-refractivity contribution in [2.75, 3.05) is 18.8 Å². The fraction of sp³-hybridized carbons (Fsp3) is 0.700. The average Bonchev–Trinajstić information content (AvgIpc) is 2.57. The molecule has 0 saturated carbocycles.